The minimum atomic E-state index is -0.314. The zero-order chi connectivity index (χ0) is 32.5. The number of pyridine rings is 1. The summed E-state index contributed by atoms with van der Waals surface area (Å²) in [7, 11) is 5.55. The van der Waals surface area contributed by atoms with Gasteiger partial charge in [-0.25, -0.2) is 4.79 Å². The summed E-state index contributed by atoms with van der Waals surface area (Å²) in [5, 5.41) is 2.46. The molecule has 3 aromatic heterocycles. The van der Waals surface area contributed by atoms with E-state index in [0.717, 1.165) is 22.5 Å². The summed E-state index contributed by atoms with van der Waals surface area (Å²) < 4.78 is 9.31. The predicted octanol–water partition coefficient (Wildman–Crippen LogP) is 8.92. The number of nitrogens with two attached hydrogens (primary N) is 1. The van der Waals surface area contributed by atoms with Crippen molar-refractivity contribution < 1.29 is 9.53 Å². The average molecular weight is 619 g/mol. The highest BCUT2D eigenvalue weighted by atomic mass is 16.5. The van der Waals surface area contributed by atoms with Crippen molar-refractivity contribution in [1.82, 2.24) is 14.1 Å². The number of methoxy groups -OCH3 is 1. The van der Waals surface area contributed by atoms with Crippen molar-refractivity contribution in [2.45, 2.75) is 25.2 Å². The SMILES string of the molecule is COC(=O)c1cc(C2CC2)cnc1Cc1ccc2c(-c3ccccc3)cn(C)c2c1.Cn1cc(-c2ccccc2)c2ccc(N)cc21. The first-order valence-electron chi connectivity index (χ1n) is 16.0. The van der Waals surface area contributed by atoms with Gasteiger partial charge in [0.15, 0.2) is 0 Å². The van der Waals surface area contributed by atoms with Gasteiger partial charge in [0.05, 0.1) is 23.9 Å². The van der Waals surface area contributed by atoms with Crippen molar-refractivity contribution in [2.75, 3.05) is 12.8 Å². The molecule has 0 radical (unpaired) electrons. The number of esters is 1. The molecule has 8 rings (SSSR count). The van der Waals surface area contributed by atoms with Crippen molar-refractivity contribution >= 4 is 33.5 Å². The summed E-state index contributed by atoms with van der Waals surface area (Å²) in [4.78, 5) is 17.0. The summed E-state index contributed by atoms with van der Waals surface area (Å²) in [5.74, 6) is 0.234. The van der Waals surface area contributed by atoms with Crippen LogP contribution < -0.4 is 5.73 Å². The average Bonchev–Trinajstić information content (AvgIpc) is 3.84. The fourth-order valence-corrected chi connectivity index (χ4v) is 6.41. The zero-order valence-electron chi connectivity index (χ0n) is 27.0. The van der Waals surface area contributed by atoms with Gasteiger partial charge in [0, 0.05) is 72.2 Å². The van der Waals surface area contributed by atoms with Crippen molar-refractivity contribution in [3.8, 4) is 22.3 Å². The number of anilines is 1. The second-order valence-electron chi connectivity index (χ2n) is 12.4. The van der Waals surface area contributed by atoms with Gasteiger partial charge in [0.1, 0.15) is 0 Å². The Morgan fingerprint density at radius 2 is 1.36 bits per heavy atom. The third-order valence-corrected chi connectivity index (χ3v) is 9.06. The molecular weight excluding hydrogens is 580 g/mol. The van der Waals surface area contributed by atoms with E-state index in [1.54, 1.807) is 0 Å². The highest BCUT2D eigenvalue weighted by Gasteiger charge is 2.26. The molecule has 234 valence electrons. The normalized spacial score (nSPS) is 12.6. The second-order valence-corrected chi connectivity index (χ2v) is 12.4. The van der Waals surface area contributed by atoms with E-state index in [1.807, 2.05) is 43.6 Å². The molecule has 0 saturated heterocycles. The Kier molecular flexibility index (Phi) is 8.08. The summed E-state index contributed by atoms with van der Waals surface area (Å²) in [6.07, 6.45) is 9.20. The van der Waals surface area contributed by atoms with E-state index in [4.69, 9.17) is 10.5 Å². The van der Waals surface area contributed by atoms with Crippen LogP contribution in [0.4, 0.5) is 5.69 Å². The van der Waals surface area contributed by atoms with Gasteiger partial charge in [0.25, 0.3) is 0 Å². The number of rotatable bonds is 6. The van der Waals surface area contributed by atoms with E-state index >= 15 is 0 Å². The molecule has 4 aromatic carbocycles. The topological polar surface area (TPSA) is 75.1 Å². The number of hydrogen-bond donors (Lipinski definition) is 1. The molecular formula is C41H38N4O2. The summed E-state index contributed by atoms with van der Waals surface area (Å²) >= 11 is 0. The quantitative estimate of drug-likeness (QED) is 0.149. The molecule has 1 saturated carbocycles. The molecule has 1 fully saturated rings. The smallest absolute Gasteiger partial charge is 0.339 e. The van der Waals surface area contributed by atoms with Crippen molar-refractivity contribution in [3.05, 3.63) is 144 Å². The van der Waals surface area contributed by atoms with Crippen LogP contribution in [-0.2, 0) is 25.3 Å². The van der Waals surface area contributed by atoms with E-state index in [9.17, 15) is 4.79 Å². The lowest BCUT2D eigenvalue weighted by Crippen LogP contribution is -2.09. The predicted molar refractivity (Wildman–Crippen MR) is 191 cm³/mol. The van der Waals surface area contributed by atoms with E-state index in [2.05, 4.69) is 106 Å². The van der Waals surface area contributed by atoms with Crippen LogP contribution in [0.25, 0.3) is 44.1 Å². The highest BCUT2D eigenvalue weighted by Crippen LogP contribution is 2.40. The molecule has 0 atom stereocenters. The van der Waals surface area contributed by atoms with Gasteiger partial charge in [0.2, 0.25) is 0 Å². The molecule has 6 heteroatoms. The lowest BCUT2D eigenvalue weighted by atomic mass is 10.00. The van der Waals surface area contributed by atoms with Gasteiger partial charge in [-0.15, -0.1) is 0 Å². The summed E-state index contributed by atoms with van der Waals surface area (Å²) in [5.41, 5.74) is 17.5. The minimum absolute atomic E-state index is 0.314. The van der Waals surface area contributed by atoms with Crippen molar-refractivity contribution in [2.24, 2.45) is 14.1 Å². The van der Waals surface area contributed by atoms with Crippen LogP contribution >= 0.6 is 0 Å². The fourth-order valence-electron chi connectivity index (χ4n) is 6.41. The van der Waals surface area contributed by atoms with Crippen LogP contribution in [0, 0.1) is 0 Å². The first-order valence-corrected chi connectivity index (χ1v) is 16.0. The monoisotopic (exact) mass is 618 g/mol. The summed E-state index contributed by atoms with van der Waals surface area (Å²) in [6, 6.07) is 35.4. The first-order chi connectivity index (χ1) is 22.9. The number of aryl methyl sites for hydroxylation is 2. The van der Waals surface area contributed by atoms with Crippen molar-refractivity contribution in [1.29, 1.82) is 0 Å². The van der Waals surface area contributed by atoms with E-state index in [0.29, 0.717) is 17.9 Å². The number of carbonyl (C=O) groups excluding carboxylic acids is 1. The van der Waals surface area contributed by atoms with Gasteiger partial charge in [-0.05, 0) is 65.3 Å². The Bertz CT molecular complexity index is 2210. The van der Waals surface area contributed by atoms with Crippen LogP contribution in [0.3, 0.4) is 0 Å². The number of nitrogen functional groups attached to an aromatic ring is 1. The number of aromatic nitrogens is 3. The van der Waals surface area contributed by atoms with Crippen LogP contribution in [0.15, 0.2) is 122 Å². The number of nitrogens with zero attached hydrogens (tertiary/aromatic N) is 3. The molecule has 0 bridgehead atoms. The highest BCUT2D eigenvalue weighted by molar-refractivity contribution is 5.98. The maximum absolute atomic E-state index is 12.4. The Morgan fingerprint density at radius 1 is 0.787 bits per heavy atom. The molecule has 0 unspecified atom stereocenters. The summed E-state index contributed by atoms with van der Waals surface area (Å²) in [6.45, 7) is 0. The van der Waals surface area contributed by atoms with E-state index in [1.165, 1.54) is 64.0 Å². The largest absolute Gasteiger partial charge is 0.465 e. The molecule has 6 nitrogen and oxygen atoms in total. The molecule has 1 aliphatic carbocycles. The molecule has 2 N–H and O–H groups in total. The maximum Gasteiger partial charge on any atom is 0.339 e. The van der Waals surface area contributed by atoms with Crippen LogP contribution in [0.5, 0.6) is 0 Å². The maximum atomic E-state index is 12.4. The minimum Gasteiger partial charge on any atom is -0.465 e. The molecule has 0 aliphatic heterocycles. The lowest BCUT2D eigenvalue weighted by Gasteiger charge is -2.10. The standard InChI is InChI=1S/C26H24N2O2.C15H14N2/c1-28-16-23(19-6-4-3-5-7-19)21-11-8-17(13-25(21)28)12-24-22(26(29)30-2)14-20(15-27-24)18-9-10-18;1-17-10-14(11-5-3-2-4-6-11)13-8-7-12(16)9-15(13)17/h3-8,11,13-16,18H,9-10,12H2,1-2H3;2-10H,16H2,1H3. The van der Waals surface area contributed by atoms with Crippen LogP contribution in [0.2, 0.25) is 0 Å². The third kappa shape index (κ3) is 6.15. The lowest BCUT2D eigenvalue weighted by molar-refractivity contribution is 0.0599. The number of benzene rings is 4. The van der Waals surface area contributed by atoms with Gasteiger partial charge in [-0.1, -0.05) is 78.9 Å². The van der Waals surface area contributed by atoms with Gasteiger partial charge >= 0.3 is 5.97 Å². The fraction of sp³-hybridized carbons (Fsp3) is 0.171. The van der Waals surface area contributed by atoms with E-state index < -0.39 is 0 Å². The molecule has 0 amide bonds. The molecule has 1 aliphatic rings. The van der Waals surface area contributed by atoms with Gasteiger partial charge in [-0.2, -0.15) is 0 Å². The molecule has 0 spiro atoms. The Balaban J connectivity index is 0.000000174. The number of hydrogen-bond acceptors (Lipinski definition) is 4. The van der Waals surface area contributed by atoms with Crippen LogP contribution in [0.1, 0.15) is 45.9 Å². The second kappa shape index (κ2) is 12.6. The zero-order valence-corrected chi connectivity index (χ0v) is 27.0. The number of carbonyl (C=O) groups is 1. The Morgan fingerprint density at radius 3 is 1.94 bits per heavy atom. The number of fused-ring (bicyclic) bond motifs is 2. The van der Waals surface area contributed by atoms with Gasteiger partial charge < -0.3 is 19.6 Å². The Hall–Kier alpha value is -5.62. The molecule has 47 heavy (non-hydrogen) atoms. The third-order valence-electron chi connectivity index (χ3n) is 9.06. The number of ether oxygens (including phenoxy) is 1. The van der Waals surface area contributed by atoms with Crippen LogP contribution in [-0.4, -0.2) is 27.2 Å². The first kappa shape index (κ1) is 30.1. The van der Waals surface area contributed by atoms with E-state index in [-0.39, 0.29) is 5.97 Å². The Labute approximate surface area is 275 Å². The van der Waals surface area contributed by atoms with Crippen molar-refractivity contribution in [3.63, 3.8) is 0 Å². The van der Waals surface area contributed by atoms with Gasteiger partial charge in [-0.3, -0.25) is 4.98 Å². The molecule has 3 heterocycles. The molecule has 7 aromatic rings.